The van der Waals surface area contributed by atoms with Crippen molar-refractivity contribution in [1.29, 1.82) is 0 Å². The van der Waals surface area contributed by atoms with E-state index >= 15 is 0 Å². The molecule has 0 radical (unpaired) electrons. The molecule has 0 heterocycles. The molecule has 1 nitrogen and oxygen atoms in total. The SMILES string of the molecule is CCCNC(c1ccc(C)cc1)C(C)SCC. The van der Waals surface area contributed by atoms with E-state index in [-0.39, 0.29) is 0 Å². The van der Waals surface area contributed by atoms with Crippen LogP contribution in [-0.4, -0.2) is 17.5 Å². The van der Waals surface area contributed by atoms with Gasteiger partial charge >= 0.3 is 0 Å². The van der Waals surface area contributed by atoms with Crippen molar-refractivity contribution in [3.63, 3.8) is 0 Å². The van der Waals surface area contributed by atoms with Crippen LogP contribution in [0.1, 0.15) is 44.4 Å². The maximum atomic E-state index is 3.67. The molecule has 0 aromatic heterocycles. The Bertz CT molecular complexity index is 307. The van der Waals surface area contributed by atoms with E-state index in [1.165, 1.54) is 23.3 Å². The van der Waals surface area contributed by atoms with Gasteiger partial charge in [-0.05, 0) is 31.2 Å². The van der Waals surface area contributed by atoms with Crippen LogP contribution in [0.2, 0.25) is 0 Å². The Morgan fingerprint density at radius 2 is 1.82 bits per heavy atom. The van der Waals surface area contributed by atoms with Gasteiger partial charge in [-0.25, -0.2) is 0 Å². The molecule has 0 aliphatic carbocycles. The highest BCUT2D eigenvalue weighted by Gasteiger charge is 2.18. The molecule has 2 atom stereocenters. The molecule has 0 aliphatic heterocycles. The van der Waals surface area contributed by atoms with Gasteiger partial charge in [0.25, 0.3) is 0 Å². The summed E-state index contributed by atoms with van der Waals surface area (Å²) < 4.78 is 0. The van der Waals surface area contributed by atoms with Gasteiger partial charge in [0.15, 0.2) is 0 Å². The highest BCUT2D eigenvalue weighted by atomic mass is 32.2. The van der Waals surface area contributed by atoms with Crippen molar-refractivity contribution in [3.8, 4) is 0 Å². The molecule has 0 bridgehead atoms. The minimum atomic E-state index is 0.473. The van der Waals surface area contributed by atoms with E-state index in [4.69, 9.17) is 0 Å². The molecule has 0 saturated heterocycles. The van der Waals surface area contributed by atoms with Gasteiger partial charge in [-0.2, -0.15) is 11.8 Å². The second kappa shape index (κ2) is 7.78. The Morgan fingerprint density at radius 3 is 2.35 bits per heavy atom. The summed E-state index contributed by atoms with van der Waals surface area (Å²) in [5, 5.41) is 4.29. The number of thioether (sulfide) groups is 1. The fourth-order valence-electron chi connectivity index (χ4n) is 1.99. The Hall–Kier alpha value is -0.470. The molecular formula is C15H25NS. The lowest BCUT2D eigenvalue weighted by Crippen LogP contribution is -2.29. The highest BCUT2D eigenvalue weighted by molar-refractivity contribution is 7.99. The number of hydrogen-bond acceptors (Lipinski definition) is 2. The van der Waals surface area contributed by atoms with E-state index in [0.29, 0.717) is 11.3 Å². The van der Waals surface area contributed by atoms with Crippen molar-refractivity contribution in [2.24, 2.45) is 0 Å². The first-order chi connectivity index (χ1) is 8.19. The zero-order valence-electron chi connectivity index (χ0n) is 11.5. The van der Waals surface area contributed by atoms with Crippen molar-refractivity contribution in [2.45, 2.75) is 45.4 Å². The summed E-state index contributed by atoms with van der Waals surface area (Å²) in [6.07, 6.45) is 1.19. The number of hydrogen-bond donors (Lipinski definition) is 1. The molecule has 96 valence electrons. The highest BCUT2D eigenvalue weighted by Crippen LogP contribution is 2.26. The van der Waals surface area contributed by atoms with Gasteiger partial charge in [-0.3, -0.25) is 0 Å². The lowest BCUT2D eigenvalue weighted by atomic mass is 10.0. The minimum absolute atomic E-state index is 0.473. The fourth-order valence-corrected chi connectivity index (χ4v) is 2.96. The van der Waals surface area contributed by atoms with Crippen LogP contribution in [0, 0.1) is 6.92 Å². The number of benzene rings is 1. The third-order valence-electron chi connectivity index (χ3n) is 2.95. The van der Waals surface area contributed by atoms with Crippen molar-refractivity contribution in [1.82, 2.24) is 5.32 Å². The van der Waals surface area contributed by atoms with Gasteiger partial charge in [0, 0.05) is 11.3 Å². The van der Waals surface area contributed by atoms with Crippen molar-refractivity contribution in [2.75, 3.05) is 12.3 Å². The molecule has 2 heteroatoms. The van der Waals surface area contributed by atoms with Crippen molar-refractivity contribution >= 4 is 11.8 Å². The normalized spacial score (nSPS) is 14.6. The first-order valence-corrected chi connectivity index (χ1v) is 7.65. The fraction of sp³-hybridized carbons (Fsp3) is 0.600. The second-order valence-electron chi connectivity index (χ2n) is 4.50. The lowest BCUT2D eigenvalue weighted by molar-refractivity contribution is 0.528. The van der Waals surface area contributed by atoms with Gasteiger partial charge in [0.1, 0.15) is 0 Å². The Balaban J connectivity index is 2.77. The summed E-state index contributed by atoms with van der Waals surface area (Å²) in [5.41, 5.74) is 2.75. The molecule has 0 saturated carbocycles. The molecular weight excluding hydrogens is 226 g/mol. The third-order valence-corrected chi connectivity index (χ3v) is 4.08. The van der Waals surface area contributed by atoms with Gasteiger partial charge < -0.3 is 5.32 Å². The predicted molar refractivity (Wildman–Crippen MR) is 79.8 cm³/mol. The monoisotopic (exact) mass is 251 g/mol. The van der Waals surface area contributed by atoms with Crippen LogP contribution in [0.3, 0.4) is 0 Å². The Kier molecular flexibility index (Phi) is 6.68. The van der Waals surface area contributed by atoms with E-state index < -0.39 is 0 Å². The molecule has 0 amide bonds. The minimum Gasteiger partial charge on any atom is -0.309 e. The summed E-state index contributed by atoms with van der Waals surface area (Å²) in [6, 6.07) is 9.41. The smallest absolute Gasteiger partial charge is 0.0437 e. The van der Waals surface area contributed by atoms with Gasteiger partial charge in [0.2, 0.25) is 0 Å². The maximum absolute atomic E-state index is 3.67. The lowest BCUT2D eigenvalue weighted by Gasteiger charge is -2.25. The number of aryl methyl sites for hydroxylation is 1. The van der Waals surface area contributed by atoms with E-state index in [1.54, 1.807) is 0 Å². The Labute approximate surface area is 110 Å². The molecule has 1 rings (SSSR count). The summed E-state index contributed by atoms with van der Waals surface area (Å²) in [4.78, 5) is 0. The van der Waals surface area contributed by atoms with Gasteiger partial charge in [-0.15, -0.1) is 0 Å². The van der Waals surface area contributed by atoms with Crippen LogP contribution in [0.4, 0.5) is 0 Å². The summed E-state index contributed by atoms with van der Waals surface area (Å²) >= 11 is 2.03. The molecule has 0 spiro atoms. The molecule has 2 unspecified atom stereocenters. The summed E-state index contributed by atoms with van der Waals surface area (Å²) in [6.45, 7) is 10.0. The predicted octanol–water partition coefficient (Wildman–Crippen LogP) is 4.18. The van der Waals surface area contributed by atoms with E-state index in [2.05, 4.69) is 57.3 Å². The standard InChI is InChI=1S/C15H25NS/c1-5-11-16-15(13(4)17-6-2)14-9-7-12(3)8-10-14/h7-10,13,15-16H,5-6,11H2,1-4H3. The van der Waals surface area contributed by atoms with Gasteiger partial charge in [0.05, 0.1) is 0 Å². The van der Waals surface area contributed by atoms with E-state index in [1.807, 2.05) is 11.8 Å². The average molecular weight is 251 g/mol. The quantitative estimate of drug-likeness (QED) is 0.780. The van der Waals surface area contributed by atoms with E-state index in [9.17, 15) is 0 Å². The van der Waals surface area contributed by atoms with E-state index in [0.717, 1.165) is 6.54 Å². The molecule has 17 heavy (non-hydrogen) atoms. The zero-order chi connectivity index (χ0) is 12.7. The molecule has 1 aromatic carbocycles. The van der Waals surface area contributed by atoms with Crippen LogP contribution in [0.15, 0.2) is 24.3 Å². The largest absolute Gasteiger partial charge is 0.309 e. The molecule has 1 aromatic rings. The van der Waals surface area contributed by atoms with Crippen LogP contribution in [0.25, 0.3) is 0 Å². The van der Waals surface area contributed by atoms with Crippen LogP contribution in [-0.2, 0) is 0 Å². The Morgan fingerprint density at radius 1 is 1.18 bits per heavy atom. The summed E-state index contributed by atoms with van der Waals surface area (Å²) in [5.74, 6) is 1.18. The zero-order valence-corrected chi connectivity index (χ0v) is 12.3. The first-order valence-electron chi connectivity index (χ1n) is 6.60. The molecule has 0 fully saturated rings. The van der Waals surface area contributed by atoms with Crippen molar-refractivity contribution < 1.29 is 0 Å². The van der Waals surface area contributed by atoms with Crippen molar-refractivity contribution in [3.05, 3.63) is 35.4 Å². The first kappa shape index (κ1) is 14.6. The number of nitrogens with one attached hydrogen (secondary N) is 1. The second-order valence-corrected chi connectivity index (χ2v) is 6.16. The van der Waals surface area contributed by atoms with Crippen LogP contribution < -0.4 is 5.32 Å². The molecule has 0 aliphatic rings. The number of rotatable bonds is 7. The van der Waals surface area contributed by atoms with Gasteiger partial charge in [-0.1, -0.05) is 50.6 Å². The summed E-state index contributed by atoms with van der Waals surface area (Å²) in [7, 11) is 0. The topological polar surface area (TPSA) is 12.0 Å². The maximum Gasteiger partial charge on any atom is 0.0437 e. The molecule has 1 N–H and O–H groups in total. The van der Waals surface area contributed by atoms with Crippen LogP contribution >= 0.6 is 11.8 Å². The average Bonchev–Trinajstić information content (AvgIpc) is 2.32. The third kappa shape index (κ3) is 4.72. The van der Waals surface area contributed by atoms with Crippen LogP contribution in [0.5, 0.6) is 0 Å².